The van der Waals surface area contributed by atoms with Gasteiger partial charge in [0.1, 0.15) is 0 Å². The molecule has 1 aliphatic rings. The molecule has 0 radical (unpaired) electrons. The Morgan fingerprint density at radius 3 is 2.72 bits per heavy atom. The molecule has 2 rings (SSSR count). The van der Waals surface area contributed by atoms with Gasteiger partial charge in [0.05, 0.1) is 4.90 Å². The van der Waals surface area contributed by atoms with Gasteiger partial charge < -0.3 is 4.90 Å². The molecule has 7 heteroatoms. The van der Waals surface area contributed by atoms with Crippen LogP contribution in [-0.2, 0) is 14.8 Å². The van der Waals surface area contributed by atoms with E-state index in [2.05, 4.69) is 17.4 Å². The number of carbonyl (C=O) groups excluding carboxylic acids is 1. The molecule has 0 aliphatic carbocycles. The molecular weight excluding hydrogens is 272 g/mol. The minimum absolute atomic E-state index is 0.00191. The Bertz CT molecular complexity index is 571. The molecule has 1 fully saturated rings. The third-order valence-corrected chi connectivity index (χ3v) is 4.57. The molecule has 18 heavy (non-hydrogen) atoms. The minimum atomic E-state index is -3.49. The Hall–Kier alpha value is -1.05. The molecule has 0 bridgehead atoms. The second-order valence-electron chi connectivity index (χ2n) is 4.07. The number of thiol groups is 1. The van der Waals surface area contributed by atoms with E-state index in [0.717, 1.165) is 0 Å². The number of rotatable bonds is 3. The smallest absolute Gasteiger partial charge is 0.240 e. The standard InChI is InChI=1S/C11H14N2O3S2/c1-12-18(15,16)10-4-2-3-8(5-10)13-7-9(17)6-11(13)14/h2-5,9,12,17H,6-7H2,1H3. The molecule has 1 atom stereocenters. The first-order chi connectivity index (χ1) is 8.44. The van der Waals surface area contributed by atoms with Crippen molar-refractivity contribution < 1.29 is 13.2 Å². The van der Waals surface area contributed by atoms with Gasteiger partial charge >= 0.3 is 0 Å². The minimum Gasteiger partial charge on any atom is -0.311 e. The zero-order chi connectivity index (χ0) is 13.3. The van der Waals surface area contributed by atoms with Gasteiger partial charge in [-0.2, -0.15) is 12.6 Å². The lowest BCUT2D eigenvalue weighted by Gasteiger charge is -2.16. The Morgan fingerprint density at radius 2 is 2.17 bits per heavy atom. The average molecular weight is 286 g/mol. The van der Waals surface area contributed by atoms with Crippen LogP contribution < -0.4 is 9.62 Å². The van der Waals surface area contributed by atoms with Crippen LogP contribution in [-0.4, -0.2) is 33.2 Å². The Kier molecular flexibility index (Phi) is 3.65. The number of benzene rings is 1. The van der Waals surface area contributed by atoms with Crippen molar-refractivity contribution in [1.29, 1.82) is 0 Å². The quantitative estimate of drug-likeness (QED) is 0.801. The predicted molar refractivity (Wildman–Crippen MR) is 72.4 cm³/mol. The number of hydrogen-bond acceptors (Lipinski definition) is 4. The summed E-state index contributed by atoms with van der Waals surface area (Å²) < 4.78 is 25.6. The van der Waals surface area contributed by atoms with E-state index < -0.39 is 10.0 Å². The first-order valence-electron chi connectivity index (χ1n) is 5.46. The topological polar surface area (TPSA) is 66.5 Å². The van der Waals surface area contributed by atoms with E-state index in [1.807, 2.05) is 0 Å². The third-order valence-electron chi connectivity index (χ3n) is 2.81. The molecule has 0 aromatic heterocycles. The van der Waals surface area contributed by atoms with Crippen molar-refractivity contribution in [1.82, 2.24) is 4.72 Å². The number of sulfonamides is 1. The lowest BCUT2D eigenvalue weighted by molar-refractivity contribution is -0.117. The summed E-state index contributed by atoms with van der Waals surface area (Å²) in [4.78, 5) is 13.4. The van der Waals surface area contributed by atoms with E-state index in [4.69, 9.17) is 0 Å². The SMILES string of the molecule is CNS(=O)(=O)c1cccc(N2CC(S)CC2=O)c1. The number of nitrogens with one attached hydrogen (secondary N) is 1. The molecule has 5 nitrogen and oxygen atoms in total. The molecule has 1 heterocycles. The molecule has 1 N–H and O–H groups in total. The van der Waals surface area contributed by atoms with Crippen LogP contribution in [0.5, 0.6) is 0 Å². The molecule has 0 spiro atoms. The Labute approximate surface area is 112 Å². The Balaban J connectivity index is 2.37. The normalized spacial score (nSPS) is 20.4. The fraction of sp³-hybridized carbons (Fsp3) is 0.364. The average Bonchev–Trinajstić information content (AvgIpc) is 2.69. The van der Waals surface area contributed by atoms with Crippen LogP contribution in [0.1, 0.15) is 6.42 Å². The van der Waals surface area contributed by atoms with Gasteiger partial charge in [0.2, 0.25) is 15.9 Å². The lowest BCUT2D eigenvalue weighted by atomic mass is 10.3. The van der Waals surface area contributed by atoms with Crippen molar-refractivity contribution in [2.75, 3.05) is 18.5 Å². The van der Waals surface area contributed by atoms with Gasteiger partial charge in [-0.05, 0) is 25.2 Å². The van der Waals surface area contributed by atoms with Gasteiger partial charge in [0, 0.05) is 23.9 Å². The molecule has 1 unspecified atom stereocenters. The van der Waals surface area contributed by atoms with Crippen molar-refractivity contribution in [2.45, 2.75) is 16.6 Å². The first kappa shape index (κ1) is 13.4. The van der Waals surface area contributed by atoms with E-state index in [-0.39, 0.29) is 16.1 Å². The van der Waals surface area contributed by atoms with Crippen LogP contribution in [0.2, 0.25) is 0 Å². The van der Waals surface area contributed by atoms with Crippen LogP contribution in [0, 0.1) is 0 Å². The van der Waals surface area contributed by atoms with Gasteiger partial charge in [-0.15, -0.1) is 0 Å². The largest absolute Gasteiger partial charge is 0.311 e. The summed E-state index contributed by atoms with van der Waals surface area (Å²) >= 11 is 4.27. The van der Waals surface area contributed by atoms with Crippen molar-refractivity contribution in [3.05, 3.63) is 24.3 Å². The third kappa shape index (κ3) is 2.52. The molecule has 1 aromatic carbocycles. The highest BCUT2D eigenvalue weighted by Crippen LogP contribution is 2.25. The lowest BCUT2D eigenvalue weighted by Crippen LogP contribution is -2.25. The highest BCUT2D eigenvalue weighted by atomic mass is 32.2. The number of amides is 1. The number of anilines is 1. The van der Waals surface area contributed by atoms with Gasteiger partial charge in [-0.25, -0.2) is 13.1 Å². The zero-order valence-electron chi connectivity index (χ0n) is 9.83. The highest BCUT2D eigenvalue weighted by molar-refractivity contribution is 7.89. The molecule has 1 aliphatic heterocycles. The van der Waals surface area contributed by atoms with Crippen LogP contribution in [0.3, 0.4) is 0 Å². The first-order valence-corrected chi connectivity index (χ1v) is 7.46. The summed E-state index contributed by atoms with van der Waals surface area (Å²) in [7, 11) is -2.13. The fourth-order valence-electron chi connectivity index (χ4n) is 1.87. The fourth-order valence-corrected chi connectivity index (χ4v) is 2.96. The zero-order valence-corrected chi connectivity index (χ0v) is 11.5. The van der Waals surface area contributed by atoms with Gasteiger partial charge in [-0.1, -0.05) is 6.07 Å². The van der Waals surface area contributed by atoms with Gasteiger partial charge in [0.15, 0.2) is 0 Å². The molecule has 98 valence electrons. The van der Waals surface area contributed by atoms with Crippen LogP contribution >= 0.6 is 12.6 Å². The molecule has 1 amide bonds. The summed E-state index contributed by atoms with van der Waals surface area (Å²) in [6, 6.07) is 6.33. The maximum atomic E-state index is 11.7. The summed E-state index contributed by atoms with van der Waals surface area (Å²) in [5, 5.41) is 0.00191. The van der Waals surface area contributed by atoms with E-state index in [9.17, 15) is 13.2 Å². The second kappa shape index (κ2) is 4.91. The number of carbonyl (C=O) groups is 1. The molecule has 0 saturated carbocycles. The highest BCUT2D eigenvalue weighted by Gasteiger charge is 2.28. The predicted octanol–water partition coefficient (Wildman–Crippen LogP) is 0.630. The number of hydrogen-bond donors (Lipinski definition) is 2. The molecule has 1 aromatic rings. The summed E-state index contributed by atoms with van der Waals surface area (Å²) in [6.45, 7) is 0.505. The van der Waals surface area contributed by atoms with Gasteiger partial charge in [-0.3, -0.25) is 4.79 Å². The van der Waals surface area contributed by atoms with Crippen LogP contribution in [0.4, 0.5) is 5.69 Å². The monoisotopic (exact) mass is 286 g/mol. The number of nitrogens with zero attached hydrogens (tertiary/aromatic N) is 1. The van der Waals surface area contributed by atoms with E-state index in [1.165, 1.54) is 19.2 Å². The van der Waals surface area contributed by atoms with E-state index in [0.29, 0.717) is 18.7 Å². The second-order valence-corrected chi connectivity index (χ2v) is 6.68. The van der Waals surface area contributed by atoms with Gasteiger partial charge in [0.25, 0.3) is 0 Å². The maximum Gasteiger partial charge on any atom is 0.240 e. The molecular formula is C11H14N2O3S2. The van der Waals surface area contributed by atoms with Crippen molar-refractivity contribution in [2.24, 2.45) is 0 Å². The van der Waals surface area contributed by atoms with Crippen molar-refractivity contribution in [3.8, 4) is 0 Å². The van der Waals surface area contributed by atoms with Crippen LogP contribution in [0.25, 0.3) is 0 Å². The summed E-state index contributed by atoms with van der Waals surface area (Å²) in [5.74, 6) is -0.0333. The molecule has 1 saturated heterocycles. The van der Waals surface area contributed by atoms with E-state index >= 15 is 0 Å². The maximum absolute atomic E-state index is 11.7. The van der Waals surface area contributed by atoms with Crippen molar-refractivity contribution in [3.63, 3.8) is 0 Å². The van der Waals surface area contributed by atoms with Crippen molar-refractivity contribution >= 4 is 34.2 Å². The summed E-state index contributed by atoms with van der Waals surface area (Å²) in [6.07, 6.45) is 0.381. The van der Waals surface area contributed by atoms with Crippen LogP contribution in [0.15, 0.2) is 29.2 Å². The Morgan fingerprint density at radius 1 is 1.44 bits per heavy atom. The summed E-state index contributed by atoms with van der Waals surface area (Å²) in [5.41, 5.74) is 0.591. The van der Waals surface area contributed by atoms with E-state index in [1.54, 1.807) is 17.0 Å².